The number of carboxylic acid groups (broad SMARTS) is 1. The number of carbonyl (C=O) groups is 1. The molecule has 1 heterocycles. The summed E-state index contributed by atoms with van der Waals surface area (Å²) in [4.78, 5) is 28.2. The number of nitrogens with zero attached hydrogens (tertiary/aromatic N) is 3. The third kappa shape index (κ3) is 4.45. The SMILES string of the molecule is COc1cc(C=Nn2c(C)nc3ccc(Br)cc3c2=O)ccc1O[C@H](C)C(=O)O. The van der Waals surface area contributed by atoms with Crippen LogP contribution in [0.4, 0.5) is 0 Å². The number of aliphatic carboxylic acids is 1. The molecule has 1 aromatic heterocycles. The molecule has 0 unspecified atom stereocenters. The Morgan fingerprint density at radius 3 is 2.72 bits per heavy atom. The maximum absolute atomic E-state index is 12.8. The second-order valence-corrected chi connectivity index (χ2v) is 7.11. The molecule has 29 heavy (non-hydrogen) atoms. The van der Waals surface area contributed by atoms with Gasteiger partial charge in [0.2, 0.25) is 0 Å². The lowest BCUT2D eigenvalue weighted by Gasteiger charge is -2.14. The quantitative estimate of drug-likeness (QED) is 0.567. The van der Waals surface area contributed by atoms with Crippen molar-refractivity contribution < 1.29 is 19.4 Å². The zero-order chi connectivity index (χ0) is 21.1. The highest BCUT2D eigenvalue weighted by atomic mass is 79.9. The van der Waals surface area contributed by atoms with Crippen molar-refractivity contribution in [3.8, 4) is 11.5 Å². The summed E-state index contributed by atoms with van der Waals surface area (Å²) in [5, 5.41) is 13.7. The average Bonchev–Trinajstić information content (AvgIpc) is 2.69. The summed E-state index contributed by atoms with van der Waals surface area (Å²) in [6.45, 7) is 3.13. The predicted octanol–water partition coefficient (Wildman–Crippen LogP) is 3.21. The van der Waals surface area contributed by atoms with Crippen LogP contribution in [0.25, 0.3) is 10.9 Å². The first-order valence-corrected chi connectivity index (χ1v) is 9.40. The van der Waals surface area contributed by atoms with Crippen molar-refractivity contribution in [1.29, 1.82) is 0 Å². The van der Waals surface area contributed by atoms with Gasteiger partial charge in [-0.05, 0) is 55.8 Å². The van der Waals surface area contributed by atoms with Crippen LogP contribution in [-0.2, 0) is 4.79 Å². The van der Waals surface area contributed by atoms with E-state index in [1.165, 1.54) is 24.9 Å². The highest BCUT2D eigenvalue weighted by molar-refractivity contribution is 9.10. The lowest BCUT2D eigenvalue weighted by Crippen LogP contribution is -2.23. The Labute approximate surface area is 174 Å². The lowest BCUT2D eigenvalue weighted by molar-refractivity contribution is -0.144. The molecule has 8 nitrogen and oxygen atoms in total. The van der Waals surface area contributed by atoms with Crippen molar-refractivity contribution in [2.75, 3.05) is 7.11 Å². The van der Waals surface area contributed by atoms with E-state index in [9.17, 15) is 9.59 Å². The number of halogens is 1. The molecule has 0 bridgehead atoms. The minimum Gasteiger partial charge on any atom is -0.493 e. The van der Waals surface area contributed by atoms with E-state index in [-0.39, 0.29) is 5.56 Å². The Morgan fingerprint density at radius 2 is 2.03 bits per heavy atom. The maximum atomic E-state index is 12.8. The molecule has 3 rings (SSSR count). The van der Waals surface area contributed by atoms with Crippen LogP contribution in [0.15, 0.2) is 50.8 Å². The predicted molar refractivity (Wildman–Crippen MR) is 112 cm³/mol. The van der Waals surface area contributed by atoms with Gasteiger partial charge in [-0.1, -0.05) is 15.9 Å². The summed E-state index contributed by atoms with van der Waals surface area (Å²) < 4.78 is 12.6. The van der Waals surface area contributed by atoms with Crippen LogP contribution in [0, 0.1) is 6.92 Å². The van der Waals surface area contributed by atoms with Crippen molar-refractivity contribution in [3.05, 3.63) is 62.6 Å². The monoisotopic (exact) mass is 459 g/mol. The van der Waals surface area contributed by atoms with Crippen LogP contribution in [0.2, 0.25) is 0 Å². The van der Waals surface area contributed by atoms with E-state index in [2.05, 4.69) is 26.0 Å². The number of carboxylic acids is 1. The molecule has 0 aliphatic rings. The molecule has 0 aliphatic heterocycles. The van der Waals surface area contributed by atoms with Crippen LogP contribution in [0.5, 0.6) is 11.5 Å². The fraction of sp³-hybridized carbons (Fsp3) is 0.200. The fourth-order valence-electron chi connectivity index (χ4n) is 2.62. The van der Waals surface area contributed by atoms with E-state index >= 15 is 0 Å². The topological polar surface area (TPSA) is 103 Å². The summed E-state index contributed by atoms with van der Waals surface area (Å²) in [7, 11) is 1.45. The molecule has 3 aromatic rings. The Hall–Kier alpha value is -3.20. The zero-order valence-corrected chi connectivity index (χ0v) is 17.5. The van der Waals surface area contributed by atoms with Gasteiger partial charge in [-0.25, -0.2) is 9.78 Å². The van der Waals surface area contributed by atoms with Gasteiger partial charge >= 0.3 is 5.97 Å². The molecule has 0 aliphatic carbocycles. The smallest absolute Gasteiger partial charge is 0.344 e. The fourth-order valence-corrected chi connectivity index (χ4v) is 2.98. The molecular weight excluding hydrogens is 442 g/mol. The largest absolute Gasteiger partial charge is 0.493 e. The molecule has 0 spiro atoms. The van der Waals surface area contributed by atoms with Crippen LogP contribution in [0.3, 0.4) is 0 Å². The zero-order valence-electron chi connectivity index (χ0n) is 15.9. The molecule has 0 amide bonds. The van der Waals surface area contributed by atoms with E-state index in [1.807, 2.05) is 6.07 Å². The minimum atomic E-state index is -1.08. The summed E-state index contributed by atoms with van der Waals surface area (Å²) in [5.74, 6) is 0.0167. The van der Waals surface area contributed by atoms with Gasteiger partial charge in [-0.3, -0.25) is 4.79 Å². The van der Waals surface area contributed by atoms with Gasteiger partial charge in [0.1, 0.15) is 5.82 Å². The maximum Gasteiger partial charge on any atom is 0.344 e. The van der Waals surface area contributed by atoms with Gasteiger partial charge in [0.25, 0.3) is 5.56 Å². The highest BCUT2D eigenvalue weighted by Gasteiger charge is 2.15. The number of aryl methyl sites for hydroxylation is 1. The number of ether oxygens (including phenoxy) is 2. The van der Waals surface area contributed by atoms with E-state index in [1.54, 1.807) is 37.3 Å². The van der Waals surface area contributed by atoms with E-state index < -0.39 is 12.1 Å². The van der Waals surface area contributed by atoms with Gasteiger partial charge in [0.15, 0.2) is 17.6 Å². The Kier molecular flexibility index (Phi) is 5.97. The first-order chi connectivity index (χ1) is 13.8. The van der Waals surface area contributed by atoms with Crippen LogP contribution in [-0.4, -0.2) is 40.2 Å². The summed E-state index contributed by atoms with van der Waals surface area (Å²) >= 11 is 3.36. The van der Waals surface area contributed by atoms with Crippen LogP contribution >= 0.6 is 15.9 Å². The Balaban J connectivity index is 1.96. The molecule has 1 atom stereocenters. The first-order valence-electron chi connectivity index (χ1n) is 8.61. The number of rotatable bonds is 6. The van der Waals surface area contributed by atoms with Gasteiger partial charge < -0.3 is 14.6 Å². The van der Waals surface area contributed by atoms with Crippen molar-refractivity contribution in [1.82, 2.24) is 9.66 Å². The summed E-state index contributed by atoms with van der Waals surface area (Å²) in [6.07, 6.45) is 0.472. The molecule has 2 aromatic carbocycles. The number of benzene rings is 2. The molecular formula is C20H18BrN3O5. The Morgan fingerprint density at radius 1 is 1.28 bits per heavy atom. The average molecular weight is 460 g/mol. The summed E-state index contributed by atoms with van der Waals surface area (Å²) in [5.41, 5.74) is 0.947. The molecule has 0 radical (unpaired) electrons. The second kappa shape index (κ2) is 8.44. The van der Waals surface area contributed by atoms with Gasteiger partial charge in [0, 0.05) is 4.47 Å². The lowest BCUT2D eigenvalue weighted by atomic mass is 10.2. The van der Waals surface area contributed by atoms with Crippen molar-refractivity contribution in [2.45, 2.75) is 20.0 Å². The number of hydrogen-bond acceptors (Lipinski definition) is 6. The minimum absolute atomic E-state index is 0.285. The number of aromatic nitrogens is 2. The molecule has 0 saturated heterocycles. The molecule has 150 valence electrons. The van der Waals surface area contributed by atoms with Crippen LogP contribution < -0.4 is 15.0 Å². The molecule has 9 heteroatoms. The third-order valence-electron chi connectivity index (χ3n) is 4.13. The molecule has 1 N–H and O–H groups in total. The van der Waals surface area contributed by atoms with Gasteiger partial charge in [-0.15, -0.1) is 0 Å². The third-order valence-corrected chi connectivity index (χ3v) is 4.62. The van der Waals surface area contributed by atoms with Crippen molar-refractivity contribution in [3.63, 3.8) is 0 Å². The van der Waals surface area contributed by atoms with E-state index in [0.717, 1.165) is 4.47 Å². The van der Waals surface area contributed by atoms with E-state index in [0.29, 0.717) is 33.8 Å². The first kappa shape index (κ1) is 20.5. The van der Waals surface area contributed by atoms with Gasteiger partial charge in [0.05, 0.1) is 24.2 Å². The number of fused-ring (bicyclic) bond motifs is 1. The van der Waals surface area contributed by atoms with E-state index in [4.69, 9.17) is 14.6 Å². The normalized spacial score (nSPS) is 12.3. The second-order valence-electron chi connectivity index (χ2n) is 6.19. The Bertz CT molecular complexity index is 1170. The highest BCUT2D eigenvalue weighted by Crippen LogP contribution is 2.28. The number of methoxy groups -OCH3 is 1. The standard InChI is InChI=1S/C20H18BrN3O5/c1-11(20(26)27)29-17-7-4-13(8-18(17)28-3)10-22-24-12(2)23-16-6-5-14(21)9-15(16)19(24)25/h4-11H,1-3H3,(H,26,27)/t11-/m1/s1. The van der Waals surface area contributed by atoms with Crippen LogP contribution in [0.1, 0.15) is 18.3 Å². The number of hydrogen-bond donors (Lipinski definition) is 1. The van der Waals surface area contributed by atoms with Gasteiger partial charge in [-0.2, -0.15) is 9.78 Å². The molecule has 0 fully saturated rings. The molecule has 0 saturated carbocycles. The summed E-state index contributed by atoms with van der Waals surface area (Å²) in [6, 6.07) is 10.2. The van der Waals surface area contributed by atoms with Crippen molar-refractivity contribution >= 4 is 39.0 Å². The van der Waals surface area contributed by atoms with Crippen molar-refractivity contribution in [2.24, 2.45) is 5.10 Å².